The quantitative estimate of drug-likeness (QED) is 0.521. The summed E-state index contributed by atoms with van der Waals surface area (Å²) in [6.45, 7) is 14.3. The van der Waals surface area contributed by atoms with Crippen LogP contribution in [0.25, 0.3) is 0 Å². The molecule has 0 spiro atoms. The van der Waals surface area contributed by atoms with E-state index in [2.05, 4.69) is 33.9 Å². The fraction of sp³-hybridized carbons (Fsp3) is 0.600. The lowest BCUT2D eigenvalue weighted by Crippen LogP contribution is -1.97. The van der Waals surface area contributed by atoms with Crippen molar-refractivity contribution in [1.82, 2.24) is 0 Å². The largest absolute Gasteiger partial charge is 0.100 e. The van der Waals surface area contributed by atoms with E-state index in [9.17, 15) is 0 Å². The second-order valence-electron chi connectivity index (χ2n) is 3.07. The molecule has 1 unspecified atom stereocenters. The van der Waals surface area contributed by atoms with E-state index in [0.717, 1.165) is 12.8 Å². The Morgan fingerprint density at radius 3 is 2.20 bits per heavy atom. The maximum absolute atomic E-state index is 3.99. The molecule has 0 saturated heterocycles. The number of hydrogen-bond acceptors (Lipinski definition) is 0. The Hall–Kier alpha value is -0.520. The van der Waals surface area contributed by atoms with Crippen LogP contribution < -0.4 is 0 Å². The summed E-state index contributed by atoms with van der Waals surface area (Å²) in [6, 6.07) is 0. The molecule has 0 nitrogen and oxygen atoms in total. The molecule has 0 fully saturated rings. The Morgan fingerprint density at radius 2 is 1.90 bits per heavy atom. The van der Waals surface area contributed by atoms with E-state index in [1.165, 1.54) is 11.1 Å². The van der Waals surface area contributed by atoms with Gasteiger partial charge in [-0.25, -0.2) is 0 Å². The van der Waals surface area contributed by atoms with Crippen LogP contribution in [0, 0.1) is 5.92 Å². The summed E-state index contributed by atoms with van der Waals surface area (Å²) in [7, 11) is 0. The summed E-state index contributed by atoms with van der Waals surface area (Å²) in [6.07, 6.45) is 2.18. The third-order valence-corrected chi connectivity index (χ3v) is 1.81. The van der Waals surface area contributed by atoms with Crippen LogP contribution in [0.4, 0.5) is 0 Å². The highest BCUT2D eigenvalue weighted by atomic mass is 14.1. The molecule has 0 N–H and O–H groups in total. The Labute approximate surface area is 64.6 Å². The van der Waals surface area contributed by atoms with Crippen molar-refractivity contribution in [2.45, 2.75) is 33.6 Å². The van der Waals surface area contributed by atoms with E-state index >= 15 is 0 Å². The standard InChI is InChI=1S/C10H18/c1-6-9(4)10(5)7-8(2)3/h10H,2,4,6-7H2,1,3,5H3. The Bertz CT molecular complexity index is 131. The third kappa shape index (κ3) is 3.49. The van der Waals surface area contributed by atoms with Crippen LogP contribution in [0.1, 0.15) is 33.6 Å². The molecule has 0 rings (SSSR count). The van der Waals surface area contributed by atoms with E-state index in [1.54, 1.807) is 0 Å². The van der Waals surface area contributed by atoms with Crippen molar-refractivity contribution in [2.75, 3.05) is 0 Å². The molecule has 0 aromatic heterocycles. The van der Waals surface area contributed by atoms with Crippen molar-refractivity contribution < 1.29 is 0 Å². The smallest absolute Gasteiger partial charge is 0.0197 e. The number of allylic oxidation sites excluding steroid dienone is 2. The van der Waals surface area contributed by atoms with E-state index < -0.39 is 0 Å². The molecule has 0 heteroatoms. The molecule has 0 aliphatic heterocycles. The summed E-state index contributed by atoms with van der Waals surface area (Å²) in [5, 5.41) is 0. The minimum atomic E-state index is 0.613. The van der Waals surface area contributed by atoms with Gasteiger partial charge >= 0.3 is 0 Å². The second-order valence-corrected chi connectivity index (χ2v) is 3.07. The van der Waals surface area contributed by atoms with Crippen molar-refractivity contribution in [3.63, 3.8) is 0 Å². The van der Waals surface area contributed by atoms with Crippen LogP contribution in [-0.2, 0) is 0 Å². The highest BCUT2D eigenvalue weighted by molar-refractivity contribution is 5.03. The molecule has 0 aromatic rings. The van der Waals surface area contributed by atoms with Crippen molar-refractivity contribution in [2.24, 2.45) is 5.92 Å². The topological polar surface area (TPSA) is 0 Å². The lowest BCUT2D eigenvalue weighted by atomic mass is 9.94. The van der Waals surface area contributed by atoms with E-state index in [-0.39, 0.29) is 0 Å². The molecule has 0 amide bonds. The first-order chi connectivity index (χ1) is 4.57. The Morgan fingerprint density at radius 1 is 1.40 bits per heavy atom. The third-order valence-electron chi connectivity index (χ3n) is 1.81. The van der Waals surface area contributed by atoms with Gasteiger partial charge in [0.25, 0.3) is 0 Å². The van der Waals surface area contributed by atoms with Crippen molar-refractivity contribution in [1.29, 1.82) is 0 Å². The molecule has 58 valence electrons. The van der Waals surface area contributed by atoms with Crippen LogP contribution in [0.2, 0.25) is 0 Å². The molecule has 0 aliphatic carbocycles. The highest BCUT2D eigenvalue weighted by Crippen LogP contribution is 2.18. The fourth-order valence-corrected chi connectivity index (χ4v) is 1.02. The van der Waals surface area contributed by atoms with Crippen molar-refractivity contribution >= 4 is 0 Å². The average molecular weight is 138 g/mol. The zero-order valence-corrected chi connectivity index (χ0v) is 7.41. The van der Waals surface area contributed by atoms with Crippen LogP contribution >= 0.6 is 0 Å². The SMILES string of the molecule is C=C(C)CC(C)C(=C)CC. The van der Waals surface area contributed by atoms with Crippen LogP contribution in [0.3, 0.4) is 0 Å². The van der Waals surface area contributed by atoms with Gasteiger partial charge < -0.3 is 0 Å². The monoisotopic (exact) mass is 138 g/mol. The van der Waals surface area contributed by atoms with Gasteiger partial charge in [0.05, 0.1) is 0 Å². The molecule has 1 atom stereocenters. The zero-order chi connectivity index (χ0) is 8.15. The number of rotatable bonds is 4. The lowest BCUT2D eigenvalue weighted by molar-refractivity contribution is 0.653. The molecule has 10 heavy (non-hydrogen) atoms. The molecule has 0 heterocycles. The van der Waals surface area contributed by atoms with Gasteiger partial charge in [0.15, 0.2) is 0 Å². The molecule has 0 aromatic carbocycles. The molecular weight excluding hydrogens is 120 g/mol. The van der Waals surface area contributed by atoms with Gasteiger partial charge in [-0.05, 0) is 25.7 Å². The Kier molecular flexibility index (Phi) is 4.10. The molecule has 0 radical (unpaired) electrons. The van der Waals surface area contributed by atoms with Gasteiger partial charge in [-0.2, -0.15) is 0 Å². The summed E-state index contributed by atoms with van der Waals surface area (Å²) >= 11 is 0. The summed E-state index contributed by atoms with van der Waals surface area (Å²) in [4.78, 5) is 0. The molecule has 0 bridgehead atoms. The molecular formula is C10H18. The van der Waals surface area contributed by atoms with E-state index in [4.69, 9.17) is 0 Å². The normalized spacial score (nSPS) is 12.7. The van der Waals surface area contributed by atoms with Crippen LogP contribution in [0.5, 0.6) is 0 Å². The van der Waals surface area contributed by atoms with Gasteiger partial charge in [0.1, 0.15) is 0 Å². The maximum atomic E-state index is 3.99. The number of hydrogen-bond donors (Lipinski definition) is 0. The zero-order valence-electron chi connectivity index (χ0n) is 7.41. The summed E-state index contributed by atoms with van der Waals surface area (Å²) < 4.78 is 0. The predicted molar refractivity (Wildman–Crippen MR) is 48.0 cm³/mol. The van der Waals surface area contributed by atoms with Gasteiger partial charge in [-0.3, -0.25) is 0 Å². The Balaban J connectivity index is 3.72. The molecule has 0 saturated carbocycles. The van der Waals surface area contributed by atoms with Gasteiger partial charge in [-0.1, -0.05) is 31.6 Å². The minimum absolute atomic E-state index is 0.613. The summed E-state index contributed by atoms with van der Waals surface area (Å²) in [5.41, 5.74) is 2.59. The van der Waals surface area contributed by atoms with Crippen LogP contribution in [0.15, 0.2) is 24.3 Å². The van der Waals surface area contributed by atoms with Crippen molar-refractivity contribution in [3.8, 4) is 0 Å². The summed E-state index contributed by atoms with van der Waals surface area (Å²) in [5.74, 6) is 0.613. The highest BCUT2D eigenvalue weighted by Gasteiger charge is 2.03. The van der Waals surface area contributed by atoms with Gasteiger partial charge in [0.2, 0.25) is 0 Å². The average Bonchev–Trinajstić information content (AvgIpc) is 1.85. The predicted octanol–water partition coefficient (Wildman–Crippen LogP) is 3.55. The first-order valence-electron chi connectivity index (χ1n) is 3.90. The van der Waals surface area contributed by atoms with E-state index in [0.29, 0.717) is 5.92 Å². The van der Waals surface area contributed by atoms with Crippen molar-refractivity contribution in [3.05, 3.63) is 24.3 Å². The lowest BCUT2D eigenvalue weighted by Gasteiger charge is -2.12. The van der Waals surface area contributed by atoms with Crippen LogP contribution in [-0.4, -0.2) is 0 Å². The molecule has 0 aliphatic rings. The second kappa shape index (κ2) is 4.32. The minimum Gasteiger partial charge on any atom is -0.100 e. The fourth-order valence-electron chi connectivity index (χ4n) is 1.02. The first-order valence-corrected chi connectivity index (χ1v) is 3.90. The van der Waals surface area contributed by atoms with Gasteiger partial charge in [-0.15, -0.1) is 6.58 Å². The van der Waals surface area contributed by atoms with E-state index in [1.807, 2.05) is 0 Å². The first kappa shape index (κ1) is 9.48. The van der Waals surface area contributed by atoms with Gasteiger partial charge in [0, 0.05) is 0 Å². The maximum Gasteiger partial charge on any atom is -0.0197 e.